The van der Waals surface area contributed by atoms with Gasteiger partial charge in [-0.2, -0.15) is 0 Å². The van der Waals surface area contributed by atoms with Gasteiger partial charge in [0.05, 0.1) is 5.75 Å². The van der Waals surface area contributed by atoms with Gasteiger partial charge in [0, 0.05) is 11.1 Å². The van der Waals surface area contributed by atoms with E-state index >= 15 is 0 Å². The summed E-state index contributed by atoms with van der Waals surface area (Å²) in [5, 5.41) is 11.8. The average molecular weight is 276 g/mol. The fourth-order valence-electron chi connectivity index (χ4n) is 1.42. The van der Waals surface area contributed by atoms with Crippen LogP contribution in [-0.4, -0.2) is 27.7 Å². The summed E-state index contributed by atoms with van der Waals surface area (Å²) in [6.07, 6.45) is 1.61. The number of H-pyrrole nitrogens is 1. The number of thioether (sulfide) groups is 1. The number of aromatic hydroxyl groups is 1. The van der Waals surface area contributed by atoms with Crippen molar-refractivity contribution >= 4 is 23.6 Å². The number of rotatable bonds is 4. The normalized spacial score (nSPS) is 10.1. The quantitative estimate of drug-likeness (QED) is 0.743. The first-order valence-corrected chi connectivity index (χ1v) is 6.54. The van der Waals surface area contributed by atoms with E-state index < -0.39 is 11.8 Å². The van der Waals surface area contributed by atoms with Gasteiger partial charge < -0.3 is 10.1 Å². The third-order valence-corrected chi connectivity index (χ3v) is 3.38. The molecular formula is C13H12N2O3S. The number of carbonyl (C=O) groups excluding carboxylic acids is 2. The van der Waals surface area contributed by atoms with Crippen LogP contribution in [0.3, 0.4) is 0 Å². The number of nitrogens with one attached hydrogen (secondary N) is 2. The molecule has 2 rings (SSSR count). The molecule has 0 atom stereocenters. The predicted molar refractivity (Wildman–Crippen MR) is 72.1 cm³/mol. The van der Waals surface area contributed by atoms with Crippen molar-refractivity contribution in [2.45, 2.75) is 4.90 Å². The standard InChI is InChI=1S/C13H12N2O3S/c16-10-5-1-2-6-11(10)19-8-12(17)15-13(18)9-4-3-7-14-9/h1-7,14,16H,8H2,(H,15,17,18). The van der Waals surface area contributed by atoms with Crippen molar-refractivity contribution in [2.75, 3.05) is 5.75 Å². The minimum absolute atomic E-state index is 0.0595. The smallest absolute Gasteiger partial charge is 0.274 e. The number of aromatic nitrogens is 1. The van der Waals surface area contributed by atoms with Crippen molar-refractivity contribution in [1.29, 1.82) is 0 Å². The topological polar surface area (TPSA) is 82.2 Å². The second-order valence-electron chi connectivity index (χ2n) is 3.72. The molecule has 0 saturated carbocycles. The second-order valence-corrected chi connectivity index (χ2v) is 4.73. The van der Waals surface area contributed by atoms with Crippen LogP contribution in [-0.2, 0) is 4.79 Å². The Morgan fingerprint density at radius 3 is 2.68 bits per heavy atom. The van der Waals surface area contributed by atoms with Gasteiger partial charge >= 0.3 is 0 Å². The largest absolute Gasteiger partial charge is 0.507 e. The van der Waals surface area contributed by atoms with E-state index in [1.807, 2.05) is 0 Å². The Hall–Kier alpha value is -2.21. The zero-order valence-electron chi connectivity index (χ0n) is 9.92. The molecule has 0 fully saturated rings. The van der Waals surface area contributed by atoms with E-state index in [4.69, 9.17) is 0 Å². The molecule has 2 amide bonds. The van der Waals surface area contributed by atoms with E-state index in [0.717, 1.165) is 0 Å². The first-order chi connectivity index (χ1) is 9.16. The number of phenols is 1. The molecule has 0 aliphatic carbocycles. The molecule has 0 spiro atoms. The summed E-state index contributed by atoms with van der Waals surface area (Å²) in [6, 6.07) is 9.98. The number of carbonyl (C=O) groups is 2. The summed E-state index contributed by atoms with van der Waals surface area (Å²) >= 11 is 1.17. The zero-order chi connectivity index (χ0) is 13.7. The minimum atomic E-state index is -0.465. The van der Waals surface area contributed by atoms with Crippen LogP contribution in [0.15, 0.2) is 47.5 Å². The van der Waals surface area contributed by atoms with Crippen LogP contribution in [0.4, 0.5) is 0 Å². The molecule has 0 unspecified atom stereocenters. The van der Waals surface area contributed by atoms with Gasteiger partial charge in [0.1, 0.15) is 11.4 Å². The van der Waals surface area contributed by atoms with Crippen LogP contribution in [0.1, 0.15) is 10.5 Å². The molecule has 0 bridgehead atoms. The highest BCUT2D eigenvalue weighted by molar-refractivity contribution is 8.00. The van der Waals surface area contributed by atoms with Crippen LogP contribution in [0, 0.1) is 0 Å². The lowest BCUT2D eigenvalue weighted by Crippen LogP contribution is -2.32. The number of aromatic amines is 1. The van der Waals surface area contributed by atoms with Crippen LogP contribution in [0.25, 0.3) is 0 Å². The van der Waals surface area contributed by atoms with Gasteiger partial charge in [0.25, 0.3) is 5.91 Å². The van der Waals surface area contributed by atoms with Crippen molar-refractivity contribution < 1.29 is 14.7 Å². The molecular weight excluding hydrogens is 264 g/mol. The number of phenolic OH excluding ortho intramolecular Hbond substituents is 1. The maximum Gasteiger partial charge on any atom is 0.274 e. The molecule has 19 heavy (non-hydrogen) atoms. The van der Waals surface area contributed by atoms with Crippen LogP contribution >= 0.6 is 11.8 Å². The van der Waals surface area contributed by atoms with Crippen LogP contribution < -0.4 is 5.32 Å². The van der Waals surface area contributed by atoms with Crippen molar-refractivity contribution in [1.82, 2.24) is 10.3 Å². The number of hydrogen-bond donors (Lipinski definition) is 3. The predicted octanol–water partition coefficient (Wildman–Crippen LogP) is 1.77. The van der Waals surface area contributed by atoms with Gasteiger partial charge in [-0.3, -0.25) is 14.9 Å². The Kier molecular flexibility index (Phi) is 4.25. The number of amides is 2. The van der Waals surface area contributed by atoms with Gasteiger partial charge in [-0.15, -0.1) is 11.8 Å². The maximum atomic E-state index is 11.6. The number of benzene rings is 1. The van der Waals surface area contributed by atoms with Crippen molar-refractivity contribution in [2.24, 2.45) is 0 Å². The molecule has 1 heterocycles. The summed E-state index contributed by atoms with van der Waals surface area (Å²) in [6.45, 7) is 0. The van der Waals surface area contributed by atoms with Gasteiger partial charge in [0.15, 0.2) is 0 Å². The van der Waals surface area contributed by atoms with E-state index in [2.05, 4.69) is 10.3 Å². The SMILES string of the molecule is O=C(CSc1ccccc1O)NC(=O)c1ccc[nH]1. The number of hydrogen-bond acceptors (Lipinski definition) is 4. The van der Waals surface area contributed by atoms with Crippen LogP contribution in [0.5, 0.6) is 5.75 Å². The van der Waals surface area contributed by atoms with Crippen LogP contribution in [0.2, 0.25) is 0 Å². The molecule has 6 heteroatoms. The average Bonchev–Trinajstić information content (AvgIpc) is 2.91. The molecule has 1 aromatic heterocycles. The van der Waals surface area contributed by atoms with E-state index in [1.165, 1.54) is 11.8 Å². The third kappa shape index (κ3) is 3.62. The highest BCUT2D eigenvalue weighted by Crippen LogP contribution is 2.27. The van der Waals surface area contributed by atoms with E-state index in [0.29, 0.717) is 10.6 Å². The van der Waals surface area contributed by atoms with Gasteiger partial charge in [0.2, 0.25) is 5.91 Å². The Morgan fingerprint density at radius 1 is 1.21 bits per heavy atom. The summed E-state index contributed by atoms with van der Waals surface area (Å²) < 4.78 is 0. The summed E-state index contributed by atoms with van der Waals surface area (Å²) in [4.78, 5) is 26.5. The van der Waals surface area contributed by atoms with Gasteiger partial charge in [-0.1, -0.05) is 12.1 Å². The second kappa shape index (κ2) is 6.10. The first kappa shape index (κ1) is 13.2. The number of imide groups is 1. The maximum absolute atomic E-state index is 11.6. The number of para-hydroxylation sites is 1. The first-order valence-electron chi connectivity index (χ1n) is 5.55. The summed E-state index contributed by atoms with van der Waals surface area (Å²) in [5.41, 5.74) is 0.334. The summed E-state index contributed by atoms with van der Waals surface area (Å²) in [5.74, 6) is -0.693. The lowest BCUT2D eigenvalue weighted by molar-refractivity contribution is -0.117. The molecule has 1 aromatic carbocycles. The lowest BCUT2D eigenvalue weighted by Gasteiger charge is -2.04. The van der Waals surface area contributed by atoms with E-state index in [9.17, 15) is 14.7 Å². The molecule has 5 nitrogen and oxygen atoms in total. The van der Waals surface area contributed by atoms with E-state index in [-0.39, 0.29) is 11.5 Å². The Labute approximate surface area is 114 Å². The Bertz CT molecular complexity index is 581. The van der Waals surface area contributed by atoms with Crippen molar-refractivity contribution in [3.63, 3.8) is 0 Å². The molecule has 98 valence electrons. The molecule has 0 saturated heterocycles. The molecule has 2 aromatic rings. The minimum Gasteiger partial charge on any atom is -0.507 e. The Balaban J connectivity index is 1.85. The molecule has 0 aliphatic rings. The van der Waals surface area contributed by atoms with Gasteiger partial charge in [-0.05, 0) is 24.3 Å². The highest BCUT2D eigenvalue weighted by Gasteiger charge is 2.11. The van der Waals surface area contributed by atoms with Crippen molar-refractivity contribution in [3.05, 3.63) is 48.3 Å². The lowest BCUT2D eigenvalue weighted by atomic mass is 10.3. The third-order valence-electron chi connectivity index (χ3n) is 2.32. The Morgan fingerprint density at radius 2 is 2.00 bits per heavy atom. The molecule has 0 radical (unpaired) electrons. The van der Waals surface area contributed by atoms with Gasteiger partial charge in [-0.25, -0.2) is 0 Å². The molecule has 0 aliphatic heterocycles. The fourth-order valence-corrected chi connectivity index (χ4v) is 2.17. The monoisotopic (exact) mass is 276 g/mol. The van der Waals surface area contributed by atoms with Crippen molar-refractivity contribution in [3.8, 4) is 5.75 Å². The highest BCUT2D eigenvalue weighted by atomic mass is 32.2. The molecule has 3 N–H and O–H groups in total. The zero-order valence-corrected chi connectivity index (χ0v) is 10.7. The van der Waals surface area contributed by atoms with E-state index in [1.54, 1.807) is 42.6 Å². The fraction of sp³-hybridized carbons (Fsp3) is 0.0769. The summed E-state index contributed by atoms with van der Waals surface area (Å²) in [7, 11) is 0.